The SMILES string of the molecule is Cc1ccc(-n2c(O)c(C=NNC(=O)c3cccnc3)c(=O)[nH]c2=O)cc1C. The summed E-state index contributed by atoms with van der Waals surface area (Å²) >= 11 is 0. The fourth-order valence-corrected chi connectivity index (χ4v) is 2.48. The number of nitrogens with zero attached hydrogens (tertiary/aromatic N) is 3. The Hall–Kier alpha value is -4.01. The van der Waals surface area contributed by atoms with Gasteiger partial charge in [0.15, 0.2) is 0 Å². The Morgan fingerprint density at radius 1 is 1.25 bits per heavy atom. The van der Waals surface area contributed by atoms with Gasteiger partial charge >= 0.3 is 5.69 Å². The van der Waals surface area contributed by atoms with E-state index in [2.05, 4.69) is 20.5 Å². The first-order chi connectivity index (χ1) is 13.4. The molecule has 0 aliphatic rings. The number of carbonyl (C=O) groups excluding carboxylic acids is 1. The minimum atomic E-state index is -0.832. The van der Waals surface area contributed by atoms with E-state index in [9.17, 15) is 19.5 Å². The monoisotopic (exact) mass is 379 g/mol. The fourth-order valence-electron chi connectivity index (χ4n) is 2.48. The number of hydrogen-bond donors (Lipinski definition) is 3. The van der Waals surface area contributed by atoms with E-state index < -0.39 is 23.0 Å². The molecule has 0 saturated carbocycles. The molecule has 0 aliphatic carbocycles. The van der Waals surface area contributed by atoms with Crippen molar-refractivity contribution in [3.63, 3.8) is 0 Å². The summed E-state index contributed by atoms with van der Waals surface area (Å²) in [7, 11) is 0. The van der Waals surface area contributed by atoms with Crippen LogP contribution in [0.25, 0.3) is 5.69 Å². The van der Waals surface area contributed by atoms with E-state index in [1.165, 1.54) is 12.4 Å². The zero-order valence-electron chi connectivity index (χ0n) is 15.1. The highest BCUT2D eigenvalue weighted by molar-refractivity contribution is 5.94. The van der Waals surface area contributed by atoms with Gasteiger partial charge < -0.3 is 5.11 Å². The molecule has 0 atom stereocenters. The van der Waals surface area contributed by atoms with E-state index in [4.69, 9.17) is 0 Å². The van der Waals surface area contributed by atoms with Crippen molar-refractivity contribution in [2.45, 2.75) is 13.8 Å². The number of H-pyrrole nitrogens is 1. The average molecular weight is 379 g/mol. The number of nitrogens with one attached hydrogen (secondary N) is 2. The van der Waals surface area contributed by atoms with Crippen molar-refractivity contribution in [2.75, 3.05) is 0 Å². The number of benzene rings is 1. The summed E-state index contributed by atoms with van der Waals surface area (Å²) in [6.45, 7) is 3.78. The number of aromatic amines is 1. The molecule has 9 heteroatoms. The van der Waals surface area contributed by atoms with E-state index in [1.807, 2.05) is 13.8 Å². The minimum Gasteiger partial charge on any atom is -0.493 e. The normalized spacial score (nSPS) is 10.9. The Morgan fingerprint density at radius 3 is 2.71 bits per heavy atom. The molecule has 1 amide bonds. The van der Waals surface area contributed by atoms with Gasteiger partial charge in [-0.05, 0) is 49.2 Å². The van der Waals surface area contributed by atoms with E-state index >= 15 is 0 Å². The van der Waals surface area contributed by atoms with Crippen molar-refractivity contribution in [3.8, 4) is 11.6 Å². The van der Waals surface area contributed by atoms with Crippen molar-refractivity contribution >= 4 is 12.1 Å². The second kappa shape index (κ2) is 7.70. The molecule has 2 aromatic heterocycles. The second-order valence-electron chi connectivity index (χ2n) is 6.04. The Kier molecular flexibility index (Phi) is 5.16. The highest BCUT2D eigenvalue weighted by Gasteiger charge is 2.15. The number of carbonyl (C=O) groups is 1. The number of rotatable bonds is 4. The Labute approximate surface area is 159 Å². The molecule has 28 heavy (non-hydrogen) atoms. The lowest BCUT2D eigenvalue weighted by atomic mass is 10.1. The van der Waals surface area contributed by atoms with Crippen molar-refractivity contribution < 1.29 is 9.90 Å². The van der Waals surface area contributed by atoms with Crippen LogP contribution in [0.3, 0.4) is 0 Å². The molecule has 0 unspecified atom stereocenters. The number of pyridine rings is 1. The third-order valence-electron chi connectivity index (χ3n) is 4.15. The summed E-state index contributed by atoms with van der Waals surface area (Å²) in [4.78, 5) is 42.2. The average Bonchev–Trinajstić information content (AvgIpc) is 2.67. The maximum Gasteiger partial charge on any atom is 0.335 e. The van der Waals surface area contributed by atoms with Crippen molar-refractivity contribution in [2.24, 2.45) is 5.10 Å². The highest BCUT2D eigenvalue weighted by atomic mass is 16.3. The van der Waals surface area contributed by atoms with Crippen molar-refractivity contribution in [1.29, 1.82) is 0 Å². The summed E-state index contributed by atoms with van der Waals surface area (Å²) in [6, 6.07) is 8.28. The number of aromatic hydroxyl groups is 1. The largest absolute Gasteiger partial charge is 0.493 e. The lowest BCUT2D eigenvalue weighted by molar-refractivity contribution is 0.0954. The van der Waals surface area contributed by atoms with Crippen molar-refractivity contribution in [3.05, 3.63) is 85.8 Å². The molecule has 1 aromatic carbocycles. The number of aromatic nitrogens is 3. The Bertz CT molecular complexity index is 1180. The number of aryl methyl sites for hydroxylation is 2. The summed E-state index contributed by atoms with van der Waals surface area (Å²) in [6.07, 6.45) is 3.85. The first-order valence-corrected chi connectivity index (χ1v) is 8.28. The van der Waals surface area contributed by atoms with Gasteiger partial charge in [-0.15, -0.1) is 0 Å². The van der Waals surface area contributed by atoms with Crippen LogP contribution in [0.2, 0.25) is 0 Å². The molecule has 3 aromatic rings. The van der Waals surface area contributed by atoms with Crippen LogP contribution < -0.4 is 16.7 Å². The summed E-state index contributed by atoms with van der Waals surface area (Å²) < 4.78 is 0.956. The number of hydrogen-bond acceptors (Lipinski definition) is 6. The molecule has 142 valence electrons. The zero-order valence-corrected chi connectivity index (χ0v) is 15.1. The van der Waals surface area contributed by atoms with Crippen LogP contribution in [-0.2, 0) is 0 Å². The minimum absolute atomic E-state index is 0.274. The van der Waals surface area contributed by atoms with Crippen LogP contribution in [-0.4, -0.2) is 31.8 Å². The predicted molar refractivity (Wildman–Crippen MR) is 103 cm³/mol. The zero-order chi connectivity index (χ0) is 20.3. The van der Waals surface area contributed by atoms with Crippen molar-refractivity contribution in [1.82, 2.24) is 20.0 Å². The molecule has 0 bridgehead atoms. The predicted octanol–water partition coefficient (Wildman–Crippen LogP) is 1.01. The van der Waals surface area contributed by atoms with E-state index in [1.54, 1.807) is 30.3 Å². The molecule has 0 aliphatic heterocycles. The summed E-state index contributed by atoms with van der Waals surface area (Å²) in [5.41, 5.74) is 2.92. The smallest absolute Gasteiger partial charge is 0.335 e. The quantitative estimate of drug-likeness (QED) is 0.460. The van der Waals surface area contributed by atoms with Gasteiger partial charge in [-0.3, -0.25) is 19.6 Å². The molecule has 3 N–H and O–H groups in total. The second-order valence-corrected chi connectivity index (χ2v) is 6.04. The van der Waals surface area contributed by atoms with Gasteiger partial charge in [0.25, 0.3) is 11.5 Å². The lowest BCUT2D eigenvalue weighted by Crippen LogP contribution is -2.31. The first-order valence-electron chi connectivity index (χ1n) is 8.28. The van der Waals surface area contributed by atoms with Gasteiger partial charge in [0.1, 0.15) is 5.56 Å². The van der Waals surface area contributed by atoms with Gasteiger partial charge in [0.05, 0.1) is 17.5 Å². The molecule has 0 fully saturated rings. The van der Waals surface area contributed by atoms with Crippen LogP contribution >= 0.6 is 0 Å². The van der Waals surface area contributed by atoms with Gasteiger partial charge in [0, 0.05) is 12.4 Å². The highest BCUT2D eigenvalue weighted by Crippen LogP contribution is 2.18. The fraction of sp³-hybridized carbons (Fsp3) is 0.105. The summed E-state index contributed by atoms with van der Waals surface area (Å²) in [5.74, 6) is -1.13. The van der Waals surface area contributed by atoms with Gasteiger partial charge in [-0.25, -0.2) is 14.8 Å². The van der Waals surface area contributed by atoms with Crippen LogP contribution in [0.5, 0.6) is 5.88 Å². The van der Waals surface area contributed by atoms with Crippen LogP contribution in [0.1, 0.15) is 27.0 Å². The first kappa shape index (κ1) is 18.8. The molecule has 0 saturated heterocycles. The summed E-state index contributed by atoms with van der Waals surface area (Å²) in [5, 5.41) is 14.2. The molecular weight excluding hydrogens is 362 g/mol. The standard InChI is InChI=1S/C19H17N5O4/c1-11-5-6-14(8-12(11)2)24-18(27)15(17(26)22-19(24)28)10-21-23-16(25)13-4-3-7-20-9-13/h3-10,27H,1-2H3,(H,23,25)(H,22,26,28). The number of hydrazone groups is 1. The van der Waals surface area contributed by atoms with E-state index in [0.717, 1.165) is 21.9 Å². The Morgan fingerprint density at radius 2 is 2.04 bits per heavy atom. The Balaban J connectivity index is 1.96. The van der Waals surface area contributed by atoms with Crippen LogP contribution in [0.4, 0.5) is 0 Å². The maximum atomic E-state index is 12.2. The third-order valence-corrected chi connectivity index (χ3v) is 4.15. The molecule has 3 rings (SSSR count). The van der Waals surface area contributed by atoms with E-state index in [-0.39, 0.29) is 11.1 Å². The van der Waals surface area contributed by atoms with Gasteiger partial charge in [-0.1, -0.05) is 6.07 Å². The van der Waals surface area contributed by atoms with Crippen LogP contribution in [0, 0.1) is 13.8 Å². The van der Waals surface area contributed by atoms with Gasteiger partial charge in [-0.2, -0.15) is 5.10 Å². The number of amides is 1. The molecule has 9 nitrogen and oxygen atoms in total. The topological polar surface area (TPSA) is 129 Å². The maximum absolute atomic E-state index is 12.2. The lowest BCUT2D eigenvalue weighted by Gasteiger charge is -2.11. The molecule has 0 spiro atoms. The molecular formula is C19H17N5O4. The van der Waals surface area contributed by atoms with E-state index in [0.29, 0.717) is 5.69 Å². The molecule has 0 radical (unpaired) electrons. The van der Waals surface area contributed by atoms with Gasteiger partial charge in [0.2, 0.25) is 5.88 Å². The molecule has 2 heterocycles. The van der Waals surface area contributed by atoms with Crippen LogP contribution in [0.15, 0.2) is 57.4 Å². The third kappa shape index (κ3) is 3.73.